The molecule has 186 valence electrons. The fourth-order valence-corrected chi connectivity index (χ4v) is 4.34. The fraction of sp³-hybridized carbons (Fsp3) is 0.333. The maximum atomic E-state index is 13.2. The molecule has 0 saturated carbocycles. The summed E-state index contributed by atoms with van der Waals surface area (Å²) < 4.78 is 56.9. The summed E-state index contributed by atoms with van der Waals surface area (Å²) in [5.74, 6) is 1.48. The Labute approximate surface area is 203 Å². The summed E-state index contributed by atoms with van der Waals surface area (Å²) in [6, 6.07) is 18.6. The highest BCUT2D eigenvalue weighted by Crippen LogP contribution is 2.43. The van der Waals surface area contributed by atoms with Crippen LogP contribution < -0.4 is 19.5 Å². The van der Waals surface area contributed by atoms with E-state index in [1.165, 1.54) is 0 Å². The number of hydrogen-bond donors (Lipinski definition) is 1. The van der Waals surface area contributed by atoms with Crippen LogP contribution in [0.4, 0.5) is 13.2 Å². The van der Waals surface area contributed by atoms with Gasteiger partial charge in [-0.15, -0.1) is 0 Å². The number of rotatable bonds is 8. The van der Waals surface area contributed by atoms with Crippen LogP contribution in [-0.2, 0) is 12.8 Å². The molecule has 1 atom stereocenters. The molecular formula is C27H29F3N2O3. The van der Waals surface area contributed by atoms with Crippen LogP contribution in [0.1, 0.15) is 28.3 Å². The molecule has 3 aromatic carbocycles. The average Bonchev–Trinajstić information content (AvgIpc) is 2.88. The normalized spacial score (nSPS) is 15.5. The van der Waals surface area contributed by atoms with E-state index >= 15 is 0 Å². The van der Waals surface area contributed by atoms with Crippen molar-refractivity contribution in [2.24, 2.45) is 0 Å². The molecule has 1 unspecified atom stereocenters. The van der Waals surface area contributed by atoms with Crippen molar-refractivity contribution in [2.75, 3.05) is 40.4 Å². The van der Waals surface area contributed by atoms with E-state index in [1.807, 2.05) is 42.5 Å². The number of nitrogens with one attached hydrogen (secondary N) is 1. The molecule has 4 rings (SSSR count). The largest absolute Gasteiger partial charge is 0.493 e. The highest BCUT2D eigenvalue weighted by atomic mass is 19.4. The topological polar surface area (TPSA) is 43.0 Å². The monoisotopic (exact) mass is 486 g/mol. The summed E-state index contributed by atoms with van der Waals surface area (Å²) in [7, 11) is 3.12. The smallest absolute Gasteiger partial charge is 0.416 e. The number of methoxy groups -OCH3 is 2. The van der Waals surface area contributed by atoms with Gasteiger partial charge in [0.25, 0.3) is 0 Å². The molecule has 0 radical (unpaired) electrons. The van der Waals surface area contributed by atoms with E-state index in [0.717, 1.165) is 55.0 Å². The first kappa shape index (κ1) is 24.9. The van der Waals surface area contributed by atoms with E-state index in [-0.39, 0.29) is 6.04 Å². The Balaban J connectivity index is 1.72. The van der Waals surface area contributed by atoms with Crippen molar-refractivity contribution in [3.05, 3.63) is 89.0 Å². The lowest BCUT2D eigenvalue weighted by Crippen LogP contribution is -2.45. The molecular weight excluding hydrogens is 457 g/mol. The molecule has 35 heavy (non-hydrogen) atoms. The van der Waals surface area contributed by atoms with Gasteiger partial charge in [-0.05, 0) is 41.0 Å². The zero-order valence-corrected chi connectivity index (χ0v) is 19.8. The van der Waals surface area contributed by atoms with Crippen LogP contribution in [0.25, 0.3) is 0 Å². The fourth-order valence-electron chi connectivity index (χ4n) is 4.34. The first-order valence-electron chi connectivity index (χ1n) is 11.4. The van der Waals surface area contributed by atoms with Crippen molar-refractivity contribution < 1.29 is 27.4 Å². The van der Waals surface area contributed by atoms with Gasteiger partial charge in [0.1, 0.15) is 6.61 Å². The van der Waals surface area contributed by atoms with Gasteiger partial charge in [0.2, 0.25) is 5.75 Å². The first-order chi connectivity index (χ1) is 16.9. The minimum Gasteiger partial charge on any atom is -0.493 e. The van der Waals surface area contributed by atoms with Gasteiger partial charge in [0, 0.05) is 26.2 Å². The molecule has 3 aromatic rings. The van der Waals surface area contributed by atoms with Crippen LogP contribution in [0.15, 0.2) is 66.7 Å². The summed E-state index contributed by atoms with van der Waals surface area (Å²) in [5.41, 5.74) is 1.96. The third kappa shape index (κ3) is 5.89. The number of ether oxygens (including phenoxy) is 3. The van der Waals surface area contributed by atoms with E-state index in [1.54, 1.807) is 26.4 Å². The van der Waals surface area contributed by atoms with Gasteiger partial charge in [-0.3, -0.25) is 4.90 Å². The van der Waals surface area contributed by atoms with E-state index in [0.29, 0.717) is 23.9 Å². The summed E-state index contributed by atoms with van der Waals surface area (Å²) in [4.78, 5) is 2.25. The van der Waals surface area contributed by atoms with Crippen molar-refractivity contribution in [2.45, 2.75) is 18.8 Å². The lowest BCUT2D eigenvalue weighted by atomic mass is 9.94. The molecule has 5 nitrogen and oxygen atoms in total. The minimum absolute atomic E-state index is 0.273. The van der Waals surface area contributed by atoms with E-state index in [9.17, 15) is 13.2 Å². The molecule has 0 bridgehead atoms. The zero-order valence-electron chi connectivity index (χ0n) is 19.8. The second kappa shape index (κ2) is 11.0. The van der Waals surface area contributed by atoms with Crippen molar-refractivity contribution >= 4 is 0 Å². The summed E-state index contributed by atoms with van der Waals surface area (Å²) >= 11 is 0. The van der Waals surface area contributed by atoms with Crippen LogP contribution >= 0.6 is 0 Å². The molecule has 1 saturated heterocycles. The molecule has 0 amide bonds. The average molecular weight is 487 g/mol. The lowest BCUT2D eigenvalue weighted by Gasteiger charge is -2.36. The Bertz CT molecular complexity index is 1070. The SMILES string of the molecule is COc1cc(C(c2ccc(C(F)(F)F)cc2)N2CCNCC2)cc(OC)c1OCc1ccccc1. The number of halogens is 3. The standard InChI is InChI=1S/C27H29F3N2O3/c1-33-23-16-21(17-24(34-2)26(23)35-18-19-6-4-3-5-7-19)25(32-14-12-31-13-15-32)20-8-10-22(11-9-20)27(28,29)30/h3-11,16-17,25,31H,12-15,18H2,1-2H3. The molecule has 1 fully saturated rings. The molecule has 1 aliphatic heterocycles. The molecule has 1 aliphatic rings. The van der Waals surface area contributed by atoms with E-state index in [2.05, 4.69) is 10.2 Å². The summed E-state index contributed by atoms with van der Waals surface area (Å²) in [6.07, 6.45) is -4.38. The van der Waals surface area contributed by atoms with Crippen molar-refractivity contribution in [1.82, 2.24) is 10.2 Å². The van der Waals surface area contributed by atoms with Crippen LogP contribution in [0, 0.1) is 0 Å². The molecule has 1 heterocycles. The Kier molecular flexibility index (Phi) is 7.83. The number of hydrogen-bond acceptors (Lipinski definition) is 5. The van der Waals surface area contributed by atoms with Gasteiger partial charge in [0.05, 0.1) is 25.8 Å². The number of piperazine rings is 1. The van der Waals surface area contributed by atoms with Gasteiger partial charge in [0.15, 0.2) is 11.5 Å². The highest BCUT2D eigenvalue weighted by Gasteiger charge is 2.32. The third-order valence-corrected chi connectivity index (χ3v) is 6.10. The van der Waals surface area contributed by atoms with Gasteiger partial charge < -0.3 is 19.5 Å². The Morgan fingerprint density at radius 1 is 0.857 bits per heavy atom. The molecule has 0 aromatic heterocycles. The van der Waals surface area contributed by atoms with Gasteiger partial charge in [-0.25, -0.2) is 0 Å². The highest BCUT2D eigenvalue weighted by molar-refractivity contribution is 5.55. The van der Waals surface area contributed by atoms with Crippen molar-refractivity contribution in [3.63, 3.8) is 0 Å². The second-order valence-electron chi connectivity index (χ2n) is 8.34. The first-order valence-corrected chi connectivity index (χ1v) is 11.4. The van der Waals surface area contributed by atoms with Gasteiger partial charge in [-0.1, -0.05) is 42.5 Å². The van der Waals surface area contributed by atoms with Crippen LogP contribution in [0.5, 0.6) is 17.2 Å². The maximum Gasteiger partial charge on any atom is 0.416 e. The van der Waals surface area contributed by atoms with Crippen molar-refractivity contribution in [3.8, 4) is 17.2 Å². The van der Waals surface area contributed by atoms with Crippen LogP contribution in [-0.4, -0.2) is 45.3 Å². The van der Waals surface area contributed by atoms with E-state index in [4.69, 9.17) is 14.2 Å². The minimum atomic E-state index is -4.38. The predicted molar refractivity (Wildman–Crippen MR) is 128 cm³/mol. The molecule has 0 spiro atoms. The Morgan fingerprint density at radius 2 is 1.46 bits per heavy atom. The Morgan fingerprint density at radius 3 is 2.00 bits per heavy atom. The van der Waals surface area contributed by atoms with E-state index < -0.39 is 11.7 Å². The summed E-state index contributed by atoms with van der Waals surface area (Å²) in [5, 5.41) is 3.33. The number of nitrogens with zero attached hydrogens (tertiary/aromatic N) is 1. The zero-order chi connectivity index (χ0) is 24.8. The van der Waals surface area contributed by atoms with Crippen LogP contribution in [0.3, 0.4) is 0 Å². The number of alkyl halides is 3. The van der Waals surface area contributed by atoms with Crippen LogP contribution in [0.2, 0.25) is 0 Å². The summed E-state index contributed by atoms with van der Waals surface area (Å²) in [6.45, 7) is 3.44. The van der Waals surface area contributed by atoms with Crippen molar-refractivity contribution in [1.29, 1.82) is 0 Å². The lowest BCUT2D eigenvalue weighted by molar-refractivity contribution is -0.137. The predicted octanol–water partition coefficient (Wildman–Crippen LogP) is 5.30. The maximum absolute atomic E-state index is 13.2. The third-order valence-electron chi connectivity index (χ3n) is 6.10. The molecule has 0 aliphatic carbocycles. The van der Waals surface area contributed by atoms with Gasteiger partial charge in [-0.2, -0.15) is 13.2 Å². The Hall–Kier alpha value is -3.23. The number of benzene rings is 3. The van der Waals surface area contributed by atoms with Gasteiger partial charge >= 0.3 is 6.18 Å². The quantitative estimate of drug-likeness (QED) is 0.468. The molecule has 8 heteroatoms. The second-order valence-corrected chi connectivity index (χ2v) is 8.34. The molecule has 1 N–H and O–H groups in total.